The summed E-state index contributed by atoms with van der Waals surface area (Å²) in [7, 11) is 1.78. The molecule has 0 radical (unpaired) electrons. The first-order valence-corrected chi connectivity index (χ1v) is 6.75. The Morgan fingerprint density at radius 2 is 2.27 bits per heavy atom. The summed E-state index contributed by atoms with van der Waals surface area (Å²) in [5.74, 6) is 0.171. The average Bonchev–Trinajstić information content (AvgIpc) is 2.89. The maximum Gasteiger partial charge on any atom is 0.295 e. The number of rotatable bonds is 7. The second-order valence-electron chi connectivity index (χ2n) is 4.61. The summed E-state index contributed by atoms with van der Waals surface area (Å²) < 4.78 is 36.7. The predicted octanol–water partition coefficient (Wildman–Crippen LogP) is 3.50. The van der Waals surface area contributed by atoms with Crippen molar-refractivity contribution >= 4 is 11.0 Å². The number of fused-ring (bicyclic) bond motifs is 1. The molecule has 0 amide bonds. The van der Waals surface area contributed by atoms with Crippen LogP contribution in [0.1, 0.15) is 17.7 Å². The molecule has 22 heavy (non-hydrogen) atoms. The number of hydrogen-bond acceptors (Lipinski definition) is 4. The summed E-state index contributed by atoms with van der Waals surface area (Å²) >= 11 is 0. The lowest BCUT2D eigenvalue weighted by Crippen LogP contribution is -2.04. The van der Waals surface area contributed by atoms with Crippen molar-refractivity contribution in [3.05, 3.63) is 54.0 Å². The van der Waals surface area contributed by atoms with Gasteiger partial charge in [-0.3, -0.25) is 0 Å². The van der Waals surface area contributed by atoms with Crippen LogP contribution in [0.3, 0.4) is 0 Å². The summed E-state index contributed by atoms with van der Waals surface area (Å²) in [5, 5.41) is 3.44. The van der Waals surface area contributed by atoms with Gasteiger partial charge in [0.2, 0.25) is 0 Å². The molecule has 0 aliphatic heterocycles. The third kappa shape index (κ3) is 3.28. The van der Waals surface area contributed by atoms with E-state index in [1.54, 1.807) is 37.5 Å². The Hall–Kier alpha value is -2.34. The van der Waals surface area contributed by atoms with Crippen LogP contribution in [-0.4, -0.2) is 13.7 Å². The first-order chi connectivity index (χ1) is 10.6. The molecule has 118 valence electrons. The first kappa shape index (κ1) is 16.0. The van der Waals surface area contributed by atoms with Crippen molar-refractivity contribution < 1.29 is 17.9 Å². The standard InChI is InChI=1S/C16H18F2N2O2/c1-3-10(8-20-2)9-21-11-4-5-14-12(6-11)13(7-19)15(22-14)16(17)18/h3-6,8,16,20H,1,7,9,19H2,2H3/b10-8+. The monoisotopic (exact) mass is 308 g/mol. The summed E-state index contributed by atoms with van der Waals surface area (Å²) in [5.41, 5.74) is 7.11. The SMILES string of the molecule is C=C/C(=C\NC)COc1ccc2oc(C(F)F)c(CN)c2c1. The Balaban J connectivity index is 2.30. The van der Waals surface area contributed by atoms with Crippen molar-refractivity contribution in [2.24, 2.45) is 5.73 Å². The highest BCUT2D eigenvalue weighted by molar-refractivity contribution is 5.83. The minimum atomic E-state index is -2.69. The van der Waals surface area contributed by atoms with Crippen LogP contribution >= 0.6 is 0 Å². The maximum atomic E-state index is 12.9. The van der Waals surface area contributed by atoms with Crippen molar-refractivity contribution in [3.63, 3.8) is 0 Å². The number of benzene rings is 1. The van der Waals surface area contributed by atoms with Gasteiger partial charge in [0.05, 0.1) is 0 Å². The molecule has 0 fully saturated rings. The summed E-state index contributed by atoms with van der Waals surface area (Å²) in [6, 6.07) is 4.93. The number of furan rings is 1. The van der Waals surface area contributed by atoms with E-state index >= 15 is 0 Å². The largest absolute Gasteiger partial charge is 0.489 e. The topological polar surface area (TPSA) is 60.4 Å². The van der Waals surface area contributed by atoms with Crippen molar-refractivity contribution in [2.45, 2.75) is 13.0 Å². The normalized spacial score (nSPS) is 12.0. The number of nitrogens with one attached hydrogen (secondary N) is 1. The van der Waals surface area contributed by atoms with Crippen LogP contribution in [-0.2, 0) is 6.54 Å². The summed E-state index contributed by atoms with van der Waals surface area (Å²) in [6.45, 7) is 3.98. The van der Waals surface area contributed by atoms with E-state index in [9.17, 15) is 8.78 Å². The quantitative estimate of drug-likeness (QED) is 0.769. The van der Waals surface area contributed by atoms with E-state index in [2.05, 4.69) is 11.9 Å². The highest BCUT2D eigenvalue weighted by atomic mass is 19.3. The second-order valence-corrected chi connectivity index (χ2v) is 4.61. The molecule has 4 nitrogen and oxygen atoms in total. The predicted molar refractivity (Wildman–Crippen MR) is 81.9 cm³/mol. The van der Waals surface area contributed by atoms with Gasteiger partial charge in [0.25, 0.3) is 6.43 Å². The number of nitrogens with two attached hydrogens (primary N) is 1. The molecule has 1 aromatic heterocycles. The van der Waals surface area contributed by atoms with Gasteiger partial charge in [-0.25, -0.2) is 8.78 Å². The number of halogens is 2. The smallest absolute Gasteiger partial charge is 0.295 e. The van der Waals surface area contributed by atoms with Gasteiger partial charge in [-0.05, 0) is 18.2 Å². The first-order valence-electron chi connectivity index (χ1n) is 6.75. The van der Waals surface area contributed by atoms with E-state index in [1.165, 1.54) is 0 Å². The number of hydrogen-bond donors (Lipinski definition) is 2. The molecule has 0 saturated carbocycles. The molecular formula is C16H18F2N2O2. The molecule has 0 aliphatic carbocycles. The van der Waals surface area contributed by atoms with E-state index in [4.69, 9.17) is 14.9 Å². The van der Waals surface area contributed by atoms with Gasteiger partial charge in [-0.15, -0.1) is 0 Å². The van der Waals surface area contributed by atoms with Crippen LogP contribution in [0.25, 0.3) is 11.0 Å². The molecule has 2 rings (SSSR count). The molecule has 3 N–H and O–H groups in total. The summed E-state index contributed by atoms with van der Waals surface area (Å²) in [6.07, 6.45) is 0.748. The lowest BCUT2D eigenvalue weighted by Gasteiger charge is -2.07. The van der Waals surface area contributed by atoms with Crippen molar-refractivity contribution in [3.8, 4) is 5.75 Å². The molecule has 0 unspecified atom stereocenters. The zero-order valence-electron chi connectivity index (χ0n) is 12.2. The van der Waals surface area contributed by atoms with Gasteiger partial charge in [0.15, 0.2) is 5.76 Å². The minimum absolute atomic E-state index is 0.0201. The lowest BCUT2D eigenvalue weighted by molar-refractivity contribution is 0.123. The molecule has 1 heterocycles. The van der Waals surface area contributed by atoms with Crippen molar-refractivity contribution in [2.75, 3.05) is 13.7 Å². The fourth-order valence-corrected chi connectivity index (χ4v) is 2.13. The third-order valence-electron chi connectivity index (χ3n) is 3.19. The van der Waals surface area contributed by atoms with Gasteiger partial charge in [-0.2, -0.15) is 0 Å². The fourth-order valence-electron chi connectivity index (χ4n) is 2.13. The van der Waals surface area contributed by atoms with Crippen LogP contribution in [0.4, 0.5) is 8.78 Å². The lowest BCUT2D eigenvalue weighted by atomic mass is 10.1. The van der Waals surface area contributed by atoms with Gasteiger partial charge >= 0.3 is 0 Å². The highest BCUT2D eigenvalue weighted by Crippen LogP contribution is 2.34. The molecular weight excluding hydrogens is 290 g/mol. The molecule has 6 heteroatoms. The molecule has 1 aromatic carbocycles. The van der Waals surface area contributed by atoms with Crippen LogP contribution in [0.5, 0.6) is 5.75 Å². The molecule has 0 saturated heterocycles. The Morgan fingerprint density at radius 1 is 1.50 bits per heavy atom. The van der Waals surface area contributed by atoms with Gasteiger partial charge in [0.1, 0.15) is 17.9 Å². The second kappa shape index (κ2) is 7.09. The molecule has 0 atom stereocenters. The van der Waals surface area contributed by atoms with E-state index in [0.717, 1.165) is 5.57 Å². The Bertz CT molecular complexity index is 693. The van der Waals surface area contributed by atoms with Crippen LogP contribution in [0.2, 0.25) is 0 Å². The van der Waals surface area contributed by atoms with Gasteiger partial charge in [-0.1, -0.05) is 12.7 Å². The molecule has 0 aliphatic rings. The van der Waals surface area contributed by atoms with E-state index in [0.29, 0.717) is 28.9 Å². The fraction of sp³-hybridized carbons (Fsp3) is 0.250. The Kier molecular flexibility index (Phi) is 5.16. The average molecular weight is 308 g/mol. The van der Waals surface area contributed by atoms with E-state index in [1.807, 2.05) is 0 Å². The Labute approximate surface area is 127 Å². The van der Waals surface area contributed by atoms with Crippen molar-refractivity contribution in [1.29, 1.82) is 0 Å². The number of ether oxygens (including phenoxy) is 1. The van der Waals surface area contributed by atoms with Crippen molar-refractivity contribution in [1.82, 2.24) is 5.32 Å². The highest BCUT2D eigenvalue weighted by Gasteiger charge is 2.21. The zero-order valence-corrected chi connectivity index (χ0v) is 12.2. The Morgan fingerprint density at radius 3 is 2.86 bits per heavy atom. The molecule has 0 spiro atoms. The molecule has 0 bridgehead atoms. The van der Waals surface area contributed by atoms with Gasteiger partial charge < -0.3 is 20.2 Å². The van der Waals surface area contributed by atoms with E-state index < -0.39 is 6.43 Å². The van der Waals surface area contributed by atoms with Crippen LogP contribution in [0, 0.1) is 0 Å². The summed E-state index contributed by atoms with van der Waals surface area (Å²) in [4.78, 5) is 0. The zero-order chi connectivity index (χ0) is 16.1. The minimum Gasteiger partial charge on any atom is -0.489 e. The van der Waals surface area contributed by atoms with Gasteiger partial charge in [0, 0.05) is 36.3 Å². The number of alkyl halides is 2. The van der Waals surface area contributed by atoms with Crippen LogP contribution < -0.4 is 15.8 Å². The third-order valence-corrected chi connectivity index (χ3v) is 3.19. The molecule has 2 aromatic rings. The maximum absolute atomic E-state index is 12.9. The van der Waals surface area contributed by atoms with E-state index in [-0.39, 0.29) is 12.3 Å². The van der Waals surface area contributed by atoms with Crippen LogP contribution in [0.15, 0.2) is 47.0 Å².